The minimum Gasteiger partial charge on any atom is -0.342 e. The molecule has 3 heterocycles. The smallest absolute Gasteiger partial charge is 0.233 e. The van der Waals surface area contributed by atoms with E-state index in [0.29, 0.717) is 11.7 Å². The van der Waals surface area contributed by atoms with Crippen LogP contribution in [-0.4, -0.2) is 44.2 Å². The Labute approximate surface area is 122 Å². The van der Waals surface area contributed by atoms with Gasteiger partial charge in [0.25, 0.3) is 0 Å². The van der Waals surface area contributed by atoms with E-state index in [1.54, 1.807) is 0 Å². The number of rotatable bonds is 3. The van der Waals surface area contributed by atoms with Gasteiger partial charge in [-0.15, -0.1) is 10.2 Å². The Kier molecular flexibility index (Phi) is 3.91. The lowest BCUT2D eigenvalue weighted by Gasteiger charge is -2.30. The van der Waals surface area contributed by atoms with E-state index in [4.69, 9.17) is 0 Å². The highest BCUT2D eigenvalue weighted by molar-refractivity contribution is 7.99. The standard InChI is InChI=1S/C14H18N4OS/c1-11-5-4-7-17(9-11)13(19)10-20-14-16-15-12-6-2-3-8-18(12)14/h2-3,6,8,11H,4-5,7,9-10H2,1H3/t11-/m0/s1. The summed E-state index contributed by atoms with van der Waals surface area (Å²) >= 11 is 1.46. The SMILES string of the molecule is C[C@H]1CCCN(C(=O)CSc2nnc3ccccn23)C1. The van der Waals surface area contributed by atoms with E-state index in [1.165, 1.54) is 18.2 Å². The van der Waals surface area contributed by atoms with Gasteiger partial charge in [0.2, 0.25) is 5.91 Å². The largest absolute Gasteiger partial charge is 0.342 e. The van der Waals surface area contributed by atoms with E-state index in [1.807, 2.05) is 33.7 Å². The summed E-state index contributed by atoms with van der Waals surface area (Å²) in [6, 6.07) is 5.78. The first-order valence-electron chi connectivity index (χ1n) is 6.94. The summed E-state index contributed by atoms with van der Waals surface area (Å²) in [5.74, 6) is 1.25. The fourth-order valence-corrected chi connectivity index (χ4v) is 3.38. The van der Waals surface area contributed by atoms with Gasteiger partial charge in [-0.25, -0.2) is 0 Å². The molecule has 20 heavy (non-hydrogen) atoms. The molecule has 106 valence electrons. The molecular formula is C14H18N4OS. The number of fused-ring (bicyclic) bond motifs is 1. The predicted molar refractivity (Wildman–Crippen MR) is 78.7 cm³/mol. The molecule has 0 unspecified atom stereocenters. The number of carbonyl (C=O) groups is 1. The van der Waals surface area contributed by atoms with E-state index in [0.717, 1.165) is 30.3 Å². The lowest BCUT2D eigenvalue weighted by molar-refractivity contribution is -0.130. The molecular weight excluding hydrogens is 272 g/mol. The summed E-state index contributed by atoms with van der Waals surface area (Å²) in [6.07, 6.45) is 4.27. The monoisotopic (exact) mass is 290 g/mol. The van der Waals surface area contributed by atoms with Crippen LogP contribution in [0.15, 0.2) is 29.6 Å². The van der Waals surface area contributed by atoms with E-state index in [-0.39, 0.29) is 5.91 Å². The number of hydrogen-bond donors (Lipinski definition) is 0. The van der Waals surface area contributed by atoms with Crippen molar-refractivity contribution in [3.8, 4) is 0 Å². The zero-order valence-electron chi connectivity index (χ0n) is 11.5. The fraction of sp³-hybridized carbons (Fsp3) is 0.500. The van der Waals surface area contributed by atoms with Gasteiger partial charge in [-0.2, -0.15) is 0 Å². The number of pyridine rings is 1. The van der Waals surface area contributed by atoms with Crippen LogP contribution in [0.25, 0.3) is 5.65 Å². The molecule has 0 radical (unpaired) electrons. The number of hydrogen-bond acceptors (Lipinski definition) is 4. The molecule has 1 amide bonds. The van der Waals surface area contributed by atoms with Crippen LogP contribution in [0.2, 0.25) is 0 Å². The molecule has 1 fully saturated rings. The summed E-state index contributed by atoms with van der Waals surface area (Å²) in [6.45, 7) is 3.99. The summed E-state index contributed by atoms with van der Waals surface area (Å²) in [7, 11) is 0. The van der Waals surface area contributed by atoms with Crippen LogP contribution in [0.5, 0.6) is 0 Å². The molecule has 3 rings (SSSR count). The summed E-state index contributed by atoms with van der Waals surface area (Å²) < 4.78 is 1.91. The third kappa shape index (κ3) is 2.80. The Hall–Kier alpha value is -1.56. The number of piperidine rings is 1. The molecule has 1 aliphatic heterocycles. The van der Waals surface area contributed by atoms with E-state index in [9.17, 15) is 4.79 Å². The van der Waals surface area contributed by atoms with Crippen LogP contribution in [0.1, 0.15) is 19.8 Å². The van der Waals surface area contributed by atoms with Crippen molar-refractivity contribution in [3.63, 3.8) is 0 Å². The van der Waals surface area contributed by atoms with Crippen molar-refractivity contribution < 1.29 is 4.79 Å². The Morgan fingerprint density at radius 3 is 3.20 bits per heavy atom. The quantitative estimate of drug-likeness (QED) is 0.812. The first-order valence-corrected chi connectivity index (χ1v) is 7.93. The Morgan fingerprint density at radius 1 is 1.45 bits per heavy atom. The topological polar surface area (TPSA) is 50.5 Å². The number of aromatic nitrogens is 3. The van der Waals surface area contributed by atoms with E-state index < -0.39 is 0 Å². The molecule has 1 aliphatic rings. The zero-order valence-corrected chi connectivity index (χ0v) is 12.3. The van der Waals surface area contributed by atoms with Crippen LogP contribution in [0.4, 0.5) is 0 Å². The molecule has 0 saturated carbocycles. The molecule has 0 N–H and O–H groups in total. The van der Waals surface area contributed by atoms with Crippen molar-refractivity contribution in [2.75, 3.05) is 18.8 Å². The minimum atomic E-state index is 0.203. The Morgan fingerprint density at radius 2 is 2.35 bits per heavy atom. The average Bonchev–Trinajstić information content (AvgIpc) is 2.88. The summed E-state index contributed by atoms with van der Waals surface area (Å²) in [4.78, 5) is 14.2. The molecule has 2 aromatic rings. The van der Waals surface area contributed by atoms with Crippen molar-refractivity contribution in [1.29, 1.82) is 0 Å². The number of amides is 1. The third-order valence-corrected chi connectivity index (χ3v) is 4.54. The molecule has 0 bridgehead atoms. The molecule has 1 saturated heterocycles. The number of thioether (sulfide) groups is 1. The van der Waals surface area contributed by atoms with Gasteiger partial charge in [0.05, 0.1) is 5.75 Å². The molecule has 5 nitrogen and oxygen atoms in total. The highest BCUT2D eigenvalue weighted by Crippen LogP contribution is 2.20. The van der Waals surface area contributed by atoms with Gasteiger partial charge in [0.1, 0.15) is 0 Å². The van der Waals surface area contributed by atoms with Crippen molar-refractivity contribution in [3.05, 3.63) is 24.4 Å². The van der Waals surface area contributed by atoms with Crippen molar-refractivity contribution in [2.24, 2.45) is 5.92 Å². The summed E-state index contributed by atoms with van der Waals surface area (Å²) in [5.41, 5.74) is 0.814. The van der Waals surface area contributed by atoms with Gasteiger partial charge in [0.15, 0.2) is 10.8 Å². The minimum absolute atomic E-state index is 0.203. The molecule has 1 atom stereocenters. The van der Waals surface area contributed by atoms with E-state index >= 15 is 0 Å². The van der Waals surface area contributed by atoms with Crippen molar-refractivity contribution in [1.82, 2.24) is 19.5 Å². The van der Waals surface area contributed by atoms with Crippen LogP contribution in [-0.2, 0) is 4.79 Å². The lowest BCUT2D eigenvalue weighted by Crippen LogP contribution is -2.40. The zero-order chi connectivity index (χ0) is 13.9. The van der Waals surface area contributed by atoms with Crippen LogP contribution < -0.4 is 0 Å². The highest BCUT2D eigenvalue weighted by Gasteiger charge is 2.21. The number of carbonyl (C=O) groups excluding carboxylic acids is 1. The second-order valence-corrected chi connectivity index (χ2v) is 6.23. The lowest BCUT2D eigenvalue weighted by atomic mass is 10.0. The predicted octanol–water partition coefficient (Wildman–Crippen LogP) is 2.08. The first kappa shape index (κ1) is 13.4. The molecule has 0 aromatic carbocycles. The van der Waals surface area contributed by atoms with Gasteiger partial charge in [-0.1, -0.05) is 24.8 Å². The normalized spacial score (nSPS) is 19.4. The van der Waals surface area contributed by atoms with Crippen LogP contribution in [0, 0.1) is 5.92 Å². The molecule has 0 spiro atoms. The molecule has 6 heteroatoms. The molecule has 0 aliphatic carbocycles. The maximum Gasteiger partial charge on any atom is 0.233 e. The molecule has 2 aromatic heterocycles. The van der Waals surface area contributed by atoms with Crippen LogP contribution >= 0.6 is 11.8 Å². The maximum absolute atomic E-state index is 12.2. The van der Waals surface area contributed by atoms with Gasteiger partial charge >= 0.3 is 0 Å². The highest BCUT2D eigenvalue weighted by atomic mass is 32.2. The number of likely N-dealkylation sites (tertiary alicyclic amines) is 1. The fourth-order valence-electron chi connectivity index (χ4n) is 2.55. The maximum atomic E-state index is 12.2. The summed E-state index contributed by atoms with van der Waals surface area (Å²) in [5, 5.41) is 9.00. The van der Waals surface area contributed by atoms with Gasteiger partial charge in [-0.3, -0.25) is 9.20 Å². The second kappa shape index (κ2) is 5.83. The first-order chi connectivity index (χ1) is 9.74. The number of nitrogens with zero attached hydrogens (tertiary/aromatic N) is 4. The van der Waals surface area contributed by atoms with Crippen molar-refractivity contribution in [2.45, 2.75) is 24.9 Å². The van der Waals surface area contributed by atoms with Gasteiger partial charge in [0, 0.05) is 19.3 Å². The van der Waals surface area contributed by atoms with Crippen molar-refractivity contribution >= 4 is 23.3 Å². The van der Waals surface area contributed by atoms with Crippen LogP contribution in [0.3, 0.4) is 0 Å². The van der Waals surface area contributed by atoms with E-state index in [2.05, 4.69) is 17.1 Å². The van der Waals surface area contributed by atoms with Gasteiger partial charge < -0.3 is 4.90 Å². The van der Waals surface area contributed by atoms with Gasteiger partial charge in [-0.05, 0) is 30.9 Å². The Bertz CT molecular complexity index is 612. The third-order valence-electron chi connectivity index (χ3n) is 3.62. The Balaban J connectivity index is 1.63. The second-order valence-electron chi connectivity index (χ2n) is 5.29. The average molecular weight is 290 g/mol.